The van der Waals surface area contributed by atoms with Crippen molar-refractivity contribution >= 4 is 17.2 Å². The number of para-hydroxylation sites is 1. The van der Waals surface area contributed by atoms with Crippen molar-refractivity contribution in [2.45, 2.75) is 40.0 Å². The molecule has 2 N–H and O–H groups in total. The quantitative estimate of drug-likeness (QED) is 0.603. The van der Waals surface area contributed by atoms with Crippen LogP contribution in [0.1, 0.15) is 39.2 Å². The zero-order valence-electron chi connectivity index (χ0n) is 11.5. The highest BCUT2D eigenvalue weighted by atomic mass is 32.1. The van der Waals surface area contributed by atoms with Crippen LogP contribution in [0, 0.1) is 5.41 Å². The van der Waals surface area contributed by atoms with E-state index in [1.807, 2.05) is 18.2 Å². The van der Waals surface area contributed by atoms with Crippen LogP contribution in [0.4, 0.5) is 0 Å². The SMILES string of the molecule is CCc1ccccc1OCCCC(C)(C)C(N)=S. The van der Waals surface area contributed by atoms with E-state index >= 15 is 0 Å². The smallest absolute Gasteiger partial charge is 0.122 e. The average Bonchev–Trinajstić information content (AvgIpc) is 2.35. The number of aryl methyl sites for hydroxylation is 1. The standard InChI is InChI=1S/C15H23NOS/c1-4-12-8-5-6-9-13(12)17-11-7-10-15(2,3)14(16)18/h5-6,8-9H,4,7,10-11H2,1-3H3,(H2,16,18). The normalized spacial score (nSPS) is 11.3. The van der Waals surface area contributed by atoms with Gasteiger partial charge in [0.1, 0.15) is 5.75 Å². The Bertz CT molecular complexity index is 401. The molecular formula is C15H23NOS. The lowest BCUT2D eigenvalue weighted by Gasteiger charge is -2.22. The van der Waals surface area contributed by atoms with Gasteiger partial charge in [0.25, 0.3) is 0 Å². The van der Waals surface area contributed by atoms with Crippen LogP contribution in [0.15, 0.2) is 24.3 Å². The first-order chi connectivity index (χ1) is 8.47. The fourth-order valence-electron chi connectivity index (χ4n) is 1.76. The van der Waals surface area contributed by atoms with Crippen LogP contribution in [0.3, 0.4) is 0 Å². The second-order valence-electron chi connectivity index (χ2n) is 5.16. The number of thiocarbonyl (C=S) groups is 1. The highest BCUT2D eigenvalue weighted by Gasteiger charge is 2.20. The molecule has 1 rings (SSSR count). The van der Waals surface area contributed by atoms with Crippen LogP contribution in [0.2, 0.25) is 0 Å². The molecule has 0 amide bonds. The molecule has 100 valence electrons. The minimum Gasteiger partial charge on any atom is -0.493 e. The molecular weight excluding hydrogens is 242 g/mol. The lowest BCUT2D eigenvalue weighted by molar-refractivity contribution is 0.285. The van der Waals surface area contributed by atoms with Gasteiger partial charge in [0.2, 0.25) is 0 Å². The maximum atomic E-state index is 5.82. The predicted molar refractivity (Wildman–Crippen MR) is 81.1 cm³/mol. The van der Waals surface area contributed by atoms with E-state index < -0.39 is 0 Å². The Morgan fingerprint density at radius 1 is 1.33 bits per heavy atom. The molecule has 0 unspecified atom stereocenters. The first kappa shape index (κ1) is 15.0. The van der Waals surface area contributed by atoms with Gasteiger partial charge in [0, 0.05) is 5.41 Å². The van der Waals surface area contributed by atoms with Gasteiger partial charge in [-0.3, -0.25) is 0 Å². The maximum absolute atomic E-state index is 5.82. The van der Waals surface area contributed by atoms with Gasteiger partial charge in [-0.2, -0.15) is 0 Å². The molecule has 0 atom stereocenters. The van der Waals surface area contributed by atoms with Gasteiger partial charge in [-0.1, -0.05) is 51.2 Å². The van der Waals surface area contributed by atoms with Crippen LogP contribution < -0.4 is 10.5 Å². The van der Waals surface area contributed by atoms with Crippen molar-refractivity contribution in [1.29, 1.82) is 0 Å². The third-order valence-electron chi connectivity index (χ3n) is 3.22. The maximum Gasteiger partial charge on any atom is 0.122 e. The Morgan fingerprint density at radius 3 is 2.61 bits per heavy atom. The van der Waals surface area contributed by atoms with Crippen LogP contribution in [-0.4, -0.2) is 11.6 Å². The van der Waals surface area contributed by atoms with E-state index in [1.165, 1.54) is 5.56 Å². The summed E-state index contributed by atoms with van der Waals surface area (Å²) >= 11 is 5.05. The van der Waals surface area contributed by atoms with Crippen LogP contribution in [0.25, 0.3) is 0 Å². The Hall–Kier alpha value is -1.09. The minimum atomic E-state index is -0.0804. The Morgan fingerprint density at radius 2 is 2.00 bits per heavy atom. The molecule has 0 spiro atoms. The van der Waals surface area contributed by atoms with Gasteiger partial charge in [-0.25, -0.2) is 0 Å². The van der Waals surface area contributed by atoms with Gasteiger partial charge >= 0.3 is 0 Å². The predicted octanol–water partition coefficient (Wildman–Crippen LogP) is 3.72. The molecule has 0 aliphatic carbocycles. The van der Waals surface area contributed by atoms with E-state index in [0.29, 0.717) is 11.6 Å². The van der Waals surface area contributed by atoms with Gasteiger partial charge < -0.3 is 10.5 Å². The largest absolute Gasteiger partial charge is 0.493 e. The van der Waals surface area contributed by atoms with Crippen molar-refractivity contribution in [2.24, 2.45) is 11.1 Å². The van der Waals surface area contributed by atoms with Crippen LogP contribution in [0.5, 0.6) is 5.75 Å². The van der Waals surface area contributed by atoms with Gasteiger partial charge in [-0.15, -0.1) is 0 Å². The zero-order valence-corrected chi connectivity index (χ0v) is 12.3. The molecule has 0 fully saturated rings. The first-order valence-corrected chi connectivity index (χ1v) is 6.89. The number of rotatable bonds is 7. The van der Waals surface area contributed by atoms with E-state index in [4.69, 9.17) is 22.7 Å². The summed E-state index contributed by atoms with van der Waals surface area (Å²) in [6, 6.07) is 8.18. The van der Waals surface area contributed by atoms with Crippen molar-refractivity contribution in [3.63, 3.8) is 0 Å². The summed E-state index contributed by atoms with van der Waals surface area (Å²) in [5.41, 5.74) is 6.88. The van der Waals surface area contributed by atoms with Gasteiger partial charge in [-0.05, 0) is 30.9 Å². The Labute approximate surface area is 116 Å². The summed E-state index contributed by atoms with van der Waals surface area (Å²) in [6.07, 6.45) is 2.91. The molecule has 3 heteroatoms. The molecule has 0 radical (unpaired) electrons. The molecule has 0 bridgehead atoms. The molecule has 0 heterocycles. The summed E-state index contributed by atoms with van der Waals surface area (Å²) in [6.45, 7) is 7.01. The van der Waals surface area contributed by atoms with Gasteiger partial charge in [0.05, 0.1) is 11.6 Å². The average molecular weight is 265 g/mol. The highest BCUT2D eigenvalue weighted by Crippen LogP contribution is 2.23. The number of ether oxygens (including phenoxy) is 1. The highest BCUT2D eigenvalue weighted by molar-refractivity contribution is 7.80. The molecule has 1 aromatic carbocycles. The van der Waals surface area contributed by atoms with Crippen molar-refractivity contribution in [2.75, 3.05) is 6.61 Å². The van der Waals surface area contributed by atoms with E-state index in [2.05, 4.69) is 26.8 Å². The molecule has 18 heavy (non-hydrogen) atoms. The number of hydrogen-bond acceptors (Lipinski definition) is 2. The lowest BCUT2D eigenvalue weighted by Crippen LogP contribution is -2.30. The summed E-state index contributed by atoms with van der Waals surface area (Å²) in [5, 5.41) is 0. The molecule has 1 aromatic rings. The molecule has 0 aliphatic rings. The number of benzene rings is 1. The van der Waals surface area contributed by atoms with Crippen molar-refractivity contribution in [3.8, 4) is 5.75 Å². The van der Waals surface area contributed by atoms with Gasteiger partial charge in [0.15, 0.2) is 0 Å². The fourth-order valence-corrected chi connectivity index (χ4v) is 1.86. The zero-order chi connectivity index (χ0) is 13.6. The Kier molecular flexibility index (Phi) is 5.60. The fraction of sp³-hybridized carbons (Fsp3) is 0.533. The van der Waals surface area contributed by atoms with E-state index in [1.54, 1.807) is 0 Å². The minimum absolute atomic E-state index is 0.0804. The van der Waals surface area contributed by atoms with E-state index in [0.717, 1.165) is 25.0 Å². The summed E-state index contributed by atoms with van der Waals surface area (Å²) < 4.78 is 5.82. The lowest BCUT2D eigenvalue weighted by atomic mass is 9.88. The molecule has 0 saturated heterocycles. The molecule has 2 nitrogen and oxygen atoms in total. The summed E-state index contributed by atoms with van der Waals surface area (Å²) in [4.78, 5) is 0.580. The topological polar surface area (TPSA) is 35.2 Å². The van der Waals surface area contributed by atoms with Crippen molar-refractivity contribution in [1.82, 2.24) is 0 Å². The van der Waals surface area contributed by atoms with Crippen LogP contribution in [-0.2, 0) is 6.42 Å². The number of nitrogens with two attached hydrogens (primary N) is 1. The molecule has 0 saturated carbocycles. The van der Waals surface area contributed by atoms with Crippen molar-refractivity contribution < 1.29 is 4.74 Å². The third-order valence-corrected chi connectivity index (χ3v) is 3.78. The summed E-state index contributed by atoms with van der Waals surface area (Å²) in [5.74, 6) is 0.994. The summed E-state index contributed by atoms with van der Waals surface area (Å²) in [7, 11) is 0. The number of hydrogen-bond donors (Lipinski definition) is 1. The monoisotopic (exact) mass is 265 g/mol. The molecule has 0 aliphatic heterocycles. The van der Waals surface area contributed by atoms with E-state index in [-0.39, 0.29) is 5.41 Å². The Balaban J connectivity index is 2.41. The second kappa shape index (κ2) is 6.74. The third kappa shape index (κ3) is 4.30. The second-order valence-corrected chi connectivity index (χ2v) is 5.60. The van der Waals surface area contributed by atoms with E-state index in [9.17, 15) is 0 Å². The van der Waals surface area contributed by atoms with Crippen LogP contribution >= 0.6 is 12.2 Å². The van der Waals surface area contributed by atoms with Crippen molar-refractivity contribution in [3.05, 3.63) is 29.8 Å². The molecule has 0 aromatic heterocycles. The first-order valence-electron chi connectivity index (χ1n) is 6.48.